The van der Waals surface area contributed by atoms with E-state index in [1.54, 1.807) is 0 Å². The van der Waals surface area contributed by atoms with Gasteiger partial charge in [0, 0.05) is 29.8 Å². The molecule has 1 fully saturated rings. The highest BCUT2D eigenvalue weighted by atomic mass is 79.9. The summed E-state index contributed by atoms with van der Waals surface area (Å²) in [7, 11) is 0. The Morgan fingerprint density at radius 3 is 3.05 bits per heavy atom. The van der Waals surface area contributed by atoms with Crippen LogP contribution < -0.4 is 0 Å². The lowest BCUT2D eigenvalue weighted by Crippen LogP contribution is -2.28. The van der Waals surface area contributed by atoms with Crippen molar-refractivity contribution in [2.24, 2.45) is 5.92 Å². The van der Waals surface area contributed by atoms with Crippen LogP contribution in [0.25, 0.3) is 11.2 Å². The minimum Gasteiger partial charge on any atom is -0.329 e. The molecule has 0 saturated carbocycles. The number of rotatable bonds is 3. The zero-order valence-corrected chi connectivity index (χ0v) is 14.2. The molecule has 2 aromatic heterocycles. The van der Waals surface area contributed by atoms with E-state index in [-0.39, 0.29) is 0 Å². The Morgan fingerprint density at radius 2 is 2.35 bits per heavy atom. The number of halogens is 1. The van der Waals surface area contributed by atoms with E-state index in [0.29, 0.717) is 12.0 Å². The van der Waals surface area contributed by atoms with E-state index in [1.165, 1.54) is 13.0 Å². The van der Waals surface area contributed by atoms with Gasteiger partial charge in [0.2, 0.25) is 0 Å². The maximum Gasteiger partial charge on any atom is 0.179 e. The van der Waals surface area contributed by atoms with E-state index in [4.69, 9.17) is 12.2 Å². The summed E-state index contributed by atoms with van der Waals surface area (Å²) in [6.07, 6.45) is 3.07. The molecule has 0 radical (unpaired) electrons. The van der Waals surface area contributed by atoms with Gasteiger partial charge in [-0.2, -0.15) is 0 Å². The van der Waals surface area contributed by atoms with Gasteiger partial charge in [0.1, 0.15) is 0 Å². The van der Waals surface area contributed by atoms with Gasteiger partial charge in [-0.05, 0) is 66.9 Å². The molecule has 0 aromatic carbocycles. The highest BCUT2D eigenvalue weighted by Crippen LogP contribution is 2.23. The van der Waals surface area contributed by atoms with E-state index >= 15 is 0 Å². The van der Waals surface area contributed by atoms with Gasteiger partial charge in [0.05, 0.1) is 5.52 Å². The Labute approximate surface area is 132 Å². The number of aromatic amines is 1. The first-order chi connectivity index (χ1) is 9.54. The molecule has 1 N–H and O–H groups in total. The predicted octanol–water partition coefficient (Wildman–Crippen LogP) is 3.59. The molecule has 1 aliphatic rings. The topological polar surface area (TPSA) is 36.9 Å². The van der Waals surface area contributed by atoms with E-state index in [2.05, 4.69) is 49.2 Å². The van der Waals surface area contributed by atoms with Crippen LogP contribution >= 0.6 is 28.1 Å². The van der Waals surface area contributed by atoms with Crippen molar-refractivity contribution in [1.82, 2.24) is 19.4 Å². The Bertz CT molecular complexity index is 675. The summed E-state index contributed by atoms with van der Waals surface area (Å²) in [5.74, 6) is 0.661. The second-order valence-corrected chi connectivity index (χ2v) is 7.11. The fraction of sp³-hybridized carbons (Fsp3) is 0.571. The quantitative estimate of drug-likeness (QED) is 0.855. The Hall–Kier alpha value is -0.720. The number of likely N-dealkylation sites (tertiary alicyclic amines) is 1. The standard InChI is InChI=1S/C14H19BrN4S/c1-9(2)18-4-3-10(7-18)8-19-13-12(17-14(19)20)5-11(15)6-16-13/h5-6,9-10H,3-4,7-8H2,1-2H3,(H,17,20). The highest BCUT2D eigenvalue weighted by molar-refractivity contribution is 9.10. The molecule has 0 amide bonds. The summed E-state index contributed by atoms with van der Waals surface area (Å²) >= 11 is 8.90. The molecular weight excluding hydrogens is 336 g/mol. The number of imidazole rings is 1. The summed E-state index contributed by atoms with van der Waals surface area (Å²) in [5.41, 5.74) is 1.96. The lowest BCUT2D eigenvalue weighted by molar-refractivity contribution is 0.261. The zero-order chi connectivity index (χ0) is 14.3. The van der Waals surface area contributed by atoms with E-state index in [0.717, 1.165) is 33.5 Å². The third kappa shape index (κ3) is 2.69. The van der Waals surface area contributed by atoms with Gasteiger partial charge in [-0.25, -0.2) is 4.98 Å². The van der Waals surface area contributed by atoms with Crippen LogP contribution in [0.3, 0.4) is 0 Å². The van der Waals surface area contributed by atoms with Crippen molar-refractivity contribution in [3.05, 3.63) is 21.5 Å². The summed E-state index contributed by atoms with van der Waals surface area (Å²) < 4.78 is 3.89. The van der Waals surface area contributed by atoms with Crippen LogP contribution in [0.15, 0.2) is 16.7 Å². The number of hydrogen-bond donors (Lipinski definition) is 1. The van der Waals surface area contributed by atoms with Crippen molar-refractivity contribution in [2.75, 3.05) is 13.1 Å². The number of hydrogen-bond acceptors (Lipinski definition) is 3. The van der Waals surface area contributed by atoms with Crippen LogP contribution in [0.2, 0.25) is 0 Å². The first kappa shape index (κ1) is 14.2. The molecule has 3 heterocycles. The normalized spacial score (nSPS) is 20.3. The van der Waals surface area contributed by atoms with Crippen LogP contribution in [0, 0.1) is 10.7 Å². The molecule has 1 atom stereocenters. The lowest BCUT2D eigenvalue weighted by Gasteiger charge is -2.20. The van der Waals surface area contributed by atoms with Gasteiger partial charge in [0.15, 0.2) is 10.4 Å². The molecule has 0 aliphatic carbocycles. The molecule has 0 bridgehead atoms. The Balaban J connectivity index is 1.85. The maximum atomic E-state index is 5.45. The molecule has 1 aliphatic heterocycles. The first-order valence-electron chi connectivity index (χ1n) is 7.02. The van der Waals surface area contributed by atoms with Crippen molar-refractivity contribution in [2.45, 2.75) is 32.9 Å². The van der Waals surface area contributed by atoms with Gasteiger partial charge in [-0.1, -0.05) is 0 Å². The molecule has 1 saturated heterocycles. The van der Waals surface area contributed by atoms with Gasteiger partial charge in [-0.3, -0.25) is 0 Å². The van der Waals surface area contributed by atoms with Crippen molar-refractivity contribution in [3.63, 3.8) is 0 Å². The van der Waals surface area contributed by atoms with Gasteiger partial charge in [-0.15, -0.1) is 0 Å². The fourth-order valence-corrected chi connectivity index (χ4v) is 3.53. The van der Waals surface area contributed by atoms with Crippen molar-refractivity contribution >= 4 is 39.3 Å². The van der Waals surface area contributed by atoms with Crippen molar-refractivity contribution < 1.29 is 0 Å². The van der Waals surface area contributed by atoms with Crippen LogP contribution in [0.1, 0.15) is 20.3 Å². The second-order valence-electron chi connectivity index (χ2n) is 5.81. The number of H-pyrrole nitrogens is 1. The van der Waals surface area contributed by atoms with E-state index < -0.39 is 0 Å². The molecule has 20 heavy (non-hydrogen) atoms. The van der Waals surface area contributed by atoms with Crippen molar-refractivity contribution in [1.29, 1.82) is 0 Å². The van der Waals surface area contributed by atoms with Gasteiger partial charge < -0.3 is 14.5 Å². The van der Waals surface area contributed by atoms with Crippen LogP contribution in [0.4, 0.5) is 0 Å². The number of nitrogens with one attached hydrogen (secondary N) is 1. The Kier molecular flexibility index (Phi) is 3.97. The Morgan fingerprint density at radius 1 is 1.55 bits per heavy atom. The molecule has 1 unspecified atom stereocenters. The zero-order valence-electron chi connectivity index (χ0n) is 11.8. The largest absolute Gasteiger partial charge is 0.329 e. The summed E-state index contributed by atoms with van der Waals surface area (Å²) in [6, 6.07) is 2.66. The number of nitrogens with zero attached hydrogens (tertiary/aromatic N) is 3. The average Bonchev–Trinajstić information content (AvgIpc) is 2.96. The summed E-state index contributed by atoms with van der Waals surface area (Å²) in [6.45, 7) is 7.83. The smallest absolute Gasteiger partial charge is 0.179 e. The molecule has 108 valence electrons. The van der Waals surface area contributed by atoms with E-state index in [1.807, 2.05) is 12.3 Å². The lowest BCUT2D eigenvalue weighted by atomic mass is 10.1. The summed E-state index contributed by atoms with van der Waals surface area (Å²) in [5, 5.41) is 0. The third-order valence-corrected chi connectivity index (χ3v) is 4.82. The number of pyridine rings is 1. The SMILES string of the molecule is CC(C)N1CCC(Cn2c(=S)[nH]c3cc(Br)cnc32)C1. The van der Waals surface area contributed by atoms with Crippen LogP contribution in [-0.2, 0) is 6.54 Å². The van der Waals surface area contributed by atoms with Crippen LogP contribution in [-0.4, -0.2) is 38.6 Å². The molecule has 4 nitrogen and oxygen atoms in total. The van der Waals surface area contributed by atoms with Crippen LogP contribution in [0.5, 0.6) is 0 Å². The predicted molar refractivity (Wildman–Crippen MR) is 87.4 cm³/mol. The first-order valence-corrected chi connectivity index (χ1v) is 8.23. The summed E-state index contributed by atoms with van der Waals surface area (Å²) in [4.78, 5) is 10.3. The number of aromatic nitrogens is 3. The highest BCUT2D eigenvalue weighted by Gasteiger charge is 2.25. The molecule has 6 heteroatoms. The average molecular weight is 355 g/mol. The molecular formula is C14H19BrN4S. The van der Waals surface area contributed by atoms with Crippen molar-refractivity contribution in [3.8, 4) is 0 Å². The second kappa shape index (κ2) is 5.58. The molecule has 0 spiro atoms. The van der Waals surface area contributed by atoms with Gasteiger partial charge in [0.25, 0.3) is 0 Å². The monoisotopic (exact) mass is 354 g/mol. The fourth-order valence-electron chi connectivity index (χ4n) is 2.93. The van der Waals surface area contributed by atoms with E-state index in [9.17, 15) is 0 Å². The molecule has 3 rings (SSSR count). The molecule has 2 aromatic rings. The minimum absolute atomic E-state index is 0.630. The van der Waals surface area contributed by atoms with Gasteiger partial charge >= 0.3 is 0 Å². The maximum absolute atomic E-state index is 5.45. The minimum atomic E-state index is 0.630. The number of fused-ring (bicyclic) bond motifs is 1. The third-order valence-electron chi connectivity index (χ3n) is 4.06.